The van der Waals surface area contributed by atoms with E-state index >= 15 is 0 Å². The van der Waals surface area contributed by atoms with Crippen LogP contribution in [-0.2, 0) is 6.42 Å². The highest BCUT2D eigenvalue weighted by Gasteiger charge is 2.10. The smallest absolute Gasteiger partial charge is 0.133 e. The summed E-state index contributed by atoms with van der Waals surface area (Å²) < 4.78 is 16.1. The maximum atomic E-state index is 5.42. The number of rotatable bonds is 6. The van der Waals surface area contributed by atoms with Gasteiger partial charge in [-0.15, -0.1) is 0 Å². The van der Waals surface area contributed by atoms with Gasteiger partial charge >= 0.3 is 0 Å². The normalized spacial score (nSPS) is 10.6. The molecule has 3 nitrogen and oxygen atoms in total. The zero-order valence-corrected chi connectivity index (χ0v) is 12.6. The summed E-state index contributed by atoms with van der Waals surface area (Å²) in [7, 11) is 4.91. The minimum atomic E-state index is 0.712. The second-order valence-electron chi connectivity index (χ2n) is 4.54. The fraction of sp³-hybridized carbons (Fsp3) is 0.222. The van der Waals surface area contributed by atoms with Gasteiger partial charge in [-0.25, -0.2) is 0 Å². The van der Waals surface area contributed by atoms with E-state index in [0.717, 1.165) is 23.5 Å². The zero-order valence-electron chi connectivity index (χ0n) is 12.6. The Morgan fingerprint density at radius 3 is 2.00 bits per heavy atom. The van der Waals surface area contributed by atoms with Gasteiger partial charge in [-0.2, -0.15) is 0 Å². The second kappa shape index (κ2) is 7.39. The van der Waals surface area contributed by atoms with Crippen molar-refractivity contribution in [3.63, 3.8) is 0 Å². The molecule has 0 fully saturated rings. The highest BCUT2D eigenvalue weighted by atomic mass is 16.5. The summed E-state index contributed by atoms with van der Waals surface area (Å²) in [5.74, 6) is 2.18. The lowest BCUT2D eigenvalue weighted by atomic mass is 10.1. The van der Waals surface area contributed by atoms with Crippen LogP contribution in [0, 0.1) is 0 Å². The van der Waals surface area contributed by atoms with Gasteiger partial charge in [-0.1, -0.05) is 42.5 Å². The topological polar surface area (TPSA) is 27.7 Å². The highest BCUT2D eigenvalue weighted by Crippen LogP contribution is 2.35. The first-order valence-electron chi connectivity index (χ1n) is 6.79. The van der Waals surface area contributed by atoms with E-state index in [9.17, 15) is 0 Å². The number of hydrogen-bond donors (Lipinski definition) is 0. The number of benzene rings is 2. The molecule has 0 aliphatic heterocycles. The number of hydrogen-bond acceptors (Lipinski definition) is 3. The monoisotopic (exact) mass is 284 g/mol. The van der Waals surface area contributed by atoms with E-state index in [0.29, 0.717) is 5.75 Å². The third-order valence-corrected chi connectivity index (χ3v) is 3.23. The quantitative estimate of drug-likeness (QED) is 0.803. The third-order valence-electron chi connectivity index (χ3n) is 3.23. The lowest BCUT2D eigenvalue weighted by Gasteiger charge is -2.12. The first kappa shape index (κ1) is 15.0. The lowest BCUT2D eigenvalue weighted by Crippen LogP contribution is -1.94. The van der Waals surface area contributed by atoms with Crippen LogP contribution in [0.2, 0.25) is 0 Å². The molecular weight excluding hydrogens is 264 g/mol. The number of methoxy groups -OCH3 is 3. The molecule has 0 unspecified atom stereocenters. The first-order chi connectivity index (χ1) is 10.3. The van der Waals surface area contributed by atoms with E-state index in [2.05, 4.69) is 18.2 Å². The molecule has 2 aromatic rings. The molecule has 3 heteroatoms. The summed E-state index contributed by atoms with van der Waals surface area (Å²) in [6.07, 6.45) is 4.98. The van der Waals surface area contributed by atoms with Crippen LogP contribution in [0.15, 0.2) is 48.5 Å². The Morgan fingerprint density at radius 1 is 0.857 bits per heavy atom. The summed E-state index contributed by atoms with van der Waals surface area (Å²) in [6, 6.07) is 14.0. The van der Waals surface area contributed by atoms with Crippen molar-refractivity contribution >= 4 is 6.08 Å². The molecule has 0 aromatic heterocycles. The van der Waals surface area contributed by atoms with E-state index in [1.165, 1.54) is 5.56 Å². The van der Waals surface area contributed by atoms with Crippen LogP contribution >= 0.6 is 0 Å². The molecule has 110 valence electrons. The third kappa shape index (κ3) is 3.78. The molecule has 0 aliphatic carbocycles. The van der Waals surface area contributed by atoms with Crippen molar-refractivity contribution in [1.29, 1.82) is 0 Å². The van der Waals surface area contributed by atoms with Gasteiger partial charge in [0, 0.05) is 12.1 Å². The molecule has 0 saturated carbocycles. The molecule has 0 bridgehead atoms. The molecule has 0 spiro atoms. The average Bonchev–Trinajstić information content (AvgIpc) is 2.55. The van der Waals surface area contributed by atoms with Gasteiger partial charge in [-0.05, 0) is 12.0 Å². The Labute approximate surface area is 125 Å². The van der Waals surface area contributed by atoms with Gasteiger partial charge in [0.2, 0.25) is 0 Å². The number of ether oxygens (including phenoxy) is 3. The minimum Gasteiger partial charge on any atom is -0.496 e. The molecule has 2 rings (SSSR count). The van der Waals surface area contributed by atoms with Crippen molar-refractivity contribution < 1.29 is 14.2 Å². The van der Waals surface area contributed by atoms with Crippen molar-refractivity contribution in [2.24, 2.45) is 0 Å². The van der Waals surface area contributed by atoms with Gasteiger partial charge < -0.3 is 14.2 Å². The van der Waals surface area contributed by atoms with Crippen molar-refractivity contribution in [1.82, 2.24) is 0 Å². The van der Waals surface area contributed by atoms with Crippen LogP contribution in [0.5, 0.6) is 17.2 Å². The van der Waals surface area contributed by atoms with E-state index in [1.807, 2.05) is 36.4 Å². The van der Waals surface area contributed by atoms with E-state index in [-0.39, 0.29) is 0 Å². The van der Waals surface area contributed by atoms with Crippen LogP contribution in [0.4, 0.5) is 0 Å². The maximum absolute atomic E-state index is 5.42. The molecule has 0 atom stereocenters. The summed E-state index contributed by atoms with van der Waals surface area (Å²) in [5.41, 5.74) is 2.18. The Kier molecular flexibility index (Phi) is 5.27. The Morgan fingerprint density at radius 2 is 1.48 bits per heavy atom. The minimum absolute atomic E-state index is 0.712. The molecule has 0 N–H and O–H groups in total. The Balaban J connectivity index is 2.25. The maximum Gasteiger partial charge on any atom is 0.133 e. The summed E-state index contributed by atoms with van der Waals surface area (Å²) in [6.45, 7) is 0. The van der Waals surface area contributed by atoms with Gasteiger partial charge in [0.1, 0.15) is 17.2 Å². The molecule has 2 aromatic carbocycles. The molecule has 21 heavy (non-hydrogen) atoms. The Bertz CT molecular complexity index is 578. The van der Waals surface area contributed by atoms with Gasteiger partial charge in [0.05, 0.1) is 26.9 Å². The second-order valence-corrected chi connectivity index (χ2v) is 4.54. The predicted octanol–water partition coefficient (Wildman–Crippen LogP) is 3.97. The summed E-state index contributed by atoms with van der Waals surface area (Å²) in [5, 5.41) is 0. The molecule has 0 aliphatic rings. The fourth-order valence-corrected chi connectivity index (χ4v) is 2.12. The van der Waals surface area contributed by atoms with E-state index in [1.54, 1.807) is 21.3 Å². The average molecular weight is 284 g/mol. The van der Waals surface area contributed by atoms with Crippen LogP contribution in [-0.4, -0.2) is 21.3 Å². The Hall–Kier alpha value is -2.42. The molecule has 0 saturated heterocycles. The highest BCUT2D eigenvalue weighted by molar-refractivity contribution is 5.66. The van der Waals surface area contributed by atoms with Crippen molar-refractivity contribution in [2.45, 2.75) is 6.42 Å². The van der Waals surface area contributed by atoms with E-state index in [4.69, 9.17) is 14.2 Å². The first-order valence-corrected chi connectivity index (χ1v) is 6.79. The largest absolute Gasteiger partial charge is 0.496 e. The van der Waals surface area contributed by atoms with Crippen LogP contribution in [0.3, 0.4) is 0 Å². The van der Waals surface area contributed by atoms with Gasteiger partial charge in [-0.3, -0.25) is 0 Å². The van der Waals surface area contributed by atoms with Crippen molar-refractivity contribution in [2.75, 3.05) is 21.3 Å². The van der Waals surface area contributed by atoms with E-state index < -0.39 is 0 Å². The lowest BCUT2D eigenvalue weighted by molar-refractivity contribution is 0.374. The van der Waals surface area contributed by atoms with Gasteiger partial charge in [0.25, 0.3) is 0 Å². The SMILES string of the molecule is COc1cc(OC)c(/C=C/Cc2ccccc2)c(OC)c1. The van der Waals surface area contributed by atoms with Crippen LogP contribution in [0.1, 0.15) is 11.1 Å². The zero-order chi connectivity index (χ0) is 15.1. The summed E-state index contributed by atoms with van der Waals surface area (Å²) in [4.78, 5) is 0. The molecule has 0 amide bonds. The predicted molar refractivity (Wildman–Crippen MR) is 85.3 cm³/mol. The number of allylic oxidation sites excluding steroid dienone is 1. The van der Waals surface area contributed by atoms with Crippen LogP contribution in [0.25, 0.3) is 6.08 Å². The molecule has 0 radical (unpaired) electrons. The molecule has 0 heterocycles. The van der Waals surface area contributed by atoms with Gasteiger partial charge in [0.15, 0.2) is 0 Å². The van der Waals surface area contributed by atoms with Crippen LogP contribution < -0.4 is 14.2 Å². The van der Waals surface area contributed by atoms with Crippen molar-refractivity contribution in [3.8, 4) is 17.2 Å². The van der Waals surface area contributed by atoms with Crippen molar-refractivity contribution in [3.05, 3.63) is 59.7 Å². The summed E-state index contributed by atoms with van der Waals surface area (Å²) >= 11 is 0. The fourth-order valence-electron chi connectivity index (χ4n) is 2.12. The molecular formula is C18H20O3. The standard InChI is InChI=1S/C18H20O3/c1-19-15-12-17(20-2)16(18(13-15)21-3)11-7-10-14-8-5-4-6-9-14/h4-9,11-13H,10H2,1-3H3/b11-7+.